The summed E-state index contributed by atoms with van der Waals surface area (Å²) >= 11 is 5.76. The molecule has 0 N–H and O–H groups in total. The van der Waals surface area contributed by atoms with Crippen LogP contribution in [0.5, 0.6) is 5.75 Å². The van der Waals surface area contributed by atoms with Gasteiger partial charge in [0.25, 0.3) is 0 Å². The summed E-state index contributed by atoms with van der Waals surface area (Å²) in [5.41, 5.74) is 1.42. The first-order chi connectivity index (χ1) is 14.3. The van der Waals surface area contributed by atoms with Gasteiger partial charge in [0.15, 0.2) is 5.03 Å². The molecule has 3 aromatic carbocycles. The first-order valence-electron chi connectivity index (χ1n) is 8.74. The van der Waals surface area contributed by atoms with Crippen LogP contribution in [0.3, 0.4) is 0 Å². The normalized spacial score (nSPS) is 11.6. The molecule has 0 fully saturated rings. The van der Waals surface area contributed by atoms with Crippen molar-refractivity contribution in [1.29, 1.82) is 0 Å². The molecule has 1 heterocycles. The summed E-state index contributed by atoms with van der Waals surface area (Å²) in [7, 11) is -2.60. The molecule has 0 saturated carbocycles. The summed E-state index contributed by atoms with van der Waals surface area (Å²) in [5.74, 6) is -0.643. The maximum Gasteiger partial charge on any atom is 0.223 e. The van der Waals surface area contributed by atoms with Gasteiger partial charge in [0.2, 0.25) is 9.84 Å². The molecule has 0 radical (unpaired) electrons. The zero-order valence-corrected chi connectivity index (χ0v) is 17.1. The Morgan fingerprint density at radius 1 is 0.933 bits per heavy atom. The molecule has 152 valence electrons. The van der Waals surface area contributed by atoms with E-state index in [0.717, 1.165) is 18.2 Å². The molecular weight excluding hydrogens is 432 g/mol. The van der Waals surface area contributed by atoms with Gasteiger partial charge >= 0.3 is 0 Å². The van der Waals surface area contributed by atoms with Crippen molar-refractivity contribution in [2.24, 2.45) is 0 Å². The zero-order valence-electron chi connectivity index (χ0n) is 15.6. The van der Waals surface area contributed by atoms with Crippen LogP contribution in [0.15, 0.2) is 76.7 Å². The molecule has 4 nitrogen and oxygen atoms in total. The number of hydrogen-bond acceptors (Lipinski definition) is 4. The number of rotatable bonds is 4. The molecular formula is C22H14ClF2NO3S. The third kappa shape index (κ3) is 3.62. The quantitative estimate of drug-likeness (QED) is 0.379. The molecule has 0 aliphatic rings. The summed E-state index contributed by atoms with van der Waals surface area (Å²) in [4.78, 5) is 3.96. The van der Waals surface area contributed by atoms with E-state index in [1.165, 1.54) is 25.3 Å². The van der Waals surface area contributed by atoms with Gasteiger partial charge in [-0.25, -0.2) is 22.2 Å². The van der Waals surface area contributed by atoms with Crippen LogP contribution in [0.25, 0.3) is 22.0 Å². The van der Waals surface area contributed by atoms with E-state index >= 15 is 0 Å². The molecule has 0 aliphatic heterocycles. The van der Waals surface area contributed by atoms with Gasteiger partial charge in [-0.2, -0.15) is 0 Å². The highest BCUT2D eigenvalue weighted by molar-refractivity contribution is 7.91. The van der Waals surface area contributed by atoms with E-state index in [-0.39, 0.29) is 20.5 Å². The van der Waals surface area contributed by atoms with Gasteiger partial charge in [0.05, 0.1) is 22.5 Å². The van der Waals surface area contributed by atoms with E-state index in [4.69, 9.17) is 16.3 Å². The van der Waals surface area contributed by atoms with E-state index in [9.17, 15) is 17.2 Å². The topological polar surface area (TPSA) is 56.3 Å². The highest BCUT2D eigenvalue weighted by Gasteiger charge is 2.23. The van der Waals surface area contributed by atoms with Crippen LogP contribution in [-0.2, 0) is 9.84 Å². The van der Waals surface area contributed by atoms with Gasteiger partial charge in [-0.15, -0.1) is 0 Å². The number of aromatic nitrogens is 1. The van der Waals surface area contributed by atoms with Crippen molar-refractivity contribution >= 4 is 32.3 Å². The van der Waals surface area contributed by atoms with E-state index < -0.39 is 21.5 Å². The number of nitrogens with zero attached hydrogens (tertiary/aromatic N) is 1. The summed E-state index contributed by atoms with van der Waals surface area (Å²) in [6, 6.07) is 15.5. The van der Waals surface area contributed by atoms with Crippen molar-refractivity contribution in [3.63, 3.8) is 0 Å². The molecule has 0 unspecified atom stereocenters. The predicted octanol–water partition coefficient (Wildman–Crippen LogP) is 5.67. The largest absolute Gasteiger partial charge is 0.497 e. The van der Waals surface area contributed by atoms with Crippen LogP contribution >= 0.6 is 11.6 Å². The summed E-state index contributed by atoms with van der Waals surface area (Å²) in [6.45, 7) is 0. The second-order valence-corrected chi connectivity index (χ2v) is 8.78. The molecule has 0 bridgehead atoms. The van der Waals surface area contributed by atoms with Crippen molar-refractivity contribution in [3.8, 4) is 16.9 Å². The van der Waals surface area contributed by atoms with Crippen molar-refractivity contribution in [3.05, 3.63) is 83.4 Å². The standard InChI is InChI=1S/C22H14ClF2NO3S/c1-29-15-5-2-13(3-6-15)18-12-22(26-21-10-14(24)4-8-17(18)21)30(27,28)16-7-9-20(25)19(23)11-16/h2-12H,1H3. The van der Waals surface area contributed by atoms with Gasteiger partial charge in [-0.05, 0) is 59.7 Å². The summed E-state index contributed by atoms with van der Waals surface area (Å²) in [5, 5.41) is -0.0370. The Hall–Kier alpha value is -3.03. The second kappa shape index (κ2) is 7.66. The minimum Gasteiger partial charge on any atom is -0.497 e. The van der Waals surface area contributed by atoms with Gasteiger partial charge in [-0.1, -0.05) is 23.7 Å². The lowest BCUT2D eigenvalue weighted by atomic mass is 10.0. The molecule has 0 atom stereocenters. The Morgan fingerprint density at radius 2 is 1.67 bits per heavy atom. The third-order valence-corrected chi connectivity index (χ3v) is 6.55. The van der Waals surface area contributed by atoms with Crippen LogP contribution < -0.4 is 4.74 Å². The second-order valence-electron chi connectivity index (χ2n) is 6.48. The van der Waals surface area contributed by atoms with Crippen LogP contribution in [0.4, 0.5) is 8.78 Å². The van der Waals surface area contributed by atoms with Gasteiger partial charge in [0.1, 0.15) is 17.4 Å². The maximum atomic E-state index is 13.9. The Morgan fingerprint density at radius 3 is 2.33 bits per heavy atom. The molecule has 0 saturated heterocycles. The number of sulfone groups is 1. The average Bonchev–Trinajstić information content (AvgIpc) is 2.74. The van der Waals surface area contributed by atoms with E-state index in [1.54, 1.807) is 30.3 Å². The SMILES string of the molecule is COc1ccc(-c2cc(S(=O)(=O)c3ccc(F)c(Cl)c3)nc3cc(F)ccc23)cc1. The van der Waals surface area contributed by atoms with Gasteiger partial charge in [-0.3, -0.25) is 0 Å². The maximum absolute atomic E-state index is 13.9. The smallest absolute Gasteiger partial charge is 0.223 e. The van der Waals surface area contributed by atoms with Crippen LogP contribution in [0.1, 0.15) is 0 Å². The van der Waals surface area contributed by atoms with Crippen molar-refractivity contribution in [2.45, 2.75) is 9.92 Å². The fourth-order valence-electron chi connectivity index (χ4n) is 3.09. The van der Waals surface area contributed by atoms with Gasteiger partial charge < -0.3 is 4.74 Å². The minimum atomic E-state index is -4.14. The lowest BCUT2D eigenvalue weighted by molar-refractivity contribution is 0.415. The number of ether oxygens (including phenoxy) is 1. The summed E-state index contributed by atoms with van der Waals surface area (Å²) < 4.78 is 58.8. The van der Waals surface area contributed by atoms with E-state index in [2.05, 4.69) is 4.98 Å². The van der Waals surface area contributed by atoms with Crippen molar-refractivity contribution in [2.75, 3.05) is 7.11 Å². The molecule has 8 heteroatoms. The van der Waals surface area contributed by atoms with E-state index in [1.807, 2.05) is 0 Å². The predicted molar refractivity (Wildman–Crippen MR) is 111 cm³/mol. The van der Waals surface area contributed by atoms with E-state index in [0.29, 0.717) is 22.3 Å². The number of benzene rings is 3. The first kappa shape index (κ1) is 20.3. The van der Waals surface area contributed by atoms with Gasteiger partial charge in [0, 0.05) is 11.5 Å². The molecule has 4 rings (SSSR count). The number of pyridine rings is 1. The summed E-state index contributed by atoms with van der Waals surface area (Å²) in [6.07, 6.45) is 0. The Kier molecular flexibility index (Phi) is 5.17. The Bertz CT molecular complexity index is 1370. The molecule has 30 heavy (non-hydrogen) atoms. The number of hydrogen-bond donors (Lipinski definition) is 0. The van der Waals surface area contributed by atoms with Crippen LogP contribution in [0.2, 0.25) is 5.02 Å². The highest BCUT2D eigenvalue weighted by Crippen LogP contribution is 2.33. The number of methoxy groups -OCH3 is 1. The number of fused-ring (bicyclic) bond motifs is 1. The van der Waals surface area contributed by atoms with Crippen molar-refractivity contribution < 1.29 is 21.9 Å². The molecule has 0 amide bonds. The average molecular weight is 446 g/mol. The molecule has 1 aromatic heterocycles. The Balaban J connectivity index is 1.97. The van der Waals surface area contributed by atoms with Crippen molar-refractivity contribution in [1.82, 2.24) is 4.98 Å². The minimum absolute atomic E-state index is 0.176. The fraction of sp³-hybridized carbons (Fsp3) is 0.0455. The molecule has 0 aliphatic carbocycles. The third-order valence-electron chi connectivity index (χ3n) is 4.63. The lowest BCUT2D eigenvalue weighted by Crippen LogP contribution is -2.06. The van der Waals surface area contributed by atoms with Crippen LogP contribution in [0, 0.1) is 11.6 Å². The monoisotopic (exact) mass is 445 g/mol. The van der Waals surface area contributed by atoms with Crippen LogP contribution in [-0.4, -0.2) is 20.5 Å². The fourth-order valence-corrected chi connectivity index (χ4v) is 4.59. The first-order valence-corrected chi connectivity index (χ1v) is 10.6. The molecule has 4 aromatic rings. The number of halogens is 3. The zero-order chi connectivity index (χ0) is 21.5. The lowest BCUT2D eigenvalue weighted by Gasteiger charge is -2.12. The Labute approximate surface area is 176 Å². The molecule has 0 spiro atoms. The highest BCUT2D eigenvalue weighted by atomic mass is 35.5.